The normalized spacial score (nSPS) is 17.7. The van der Waals surface area contributed by atoms with E-state index in [1.807, 2.05) is 0 Å². The summed E-state index contributed by atoms with van der Waals surface area (Å²) in [6.07, 6.45) is 3.44. The number of rotatable bonds is 4. The van der Waals surface area contributed by atoms with E-state index in [-0.39, 0.29) is 30.9 Å². The molecule has 0 radical (unpaired) electrons. The lowest BCUT2D eigenvalue weighted by molar-refractivity contribution is -0.135. The van der Waals surface area contributed by atoms with Crippen LogP contribution in [0.3, 0.4) is 0 Å². The molecule has 0 saturated carbocycles. The monoisotopic (exact) mass is 319 g/mol. The van der Waals surface area contributed by atoms with Gasteiger partial charge in [-0.2, -0.15) is 0 Å². The summed E-state index contributed by atoms with van der Waals surface area (Å²) < 4.78 is 0. The maximum absolute atomic E-state index is 11.7. The first-order valence-electron chi connectivity index (χ1n) is 6.66. The summed E-state index contributed by atoms with van der Waals surface area (Å²) in [5.74, 6) is -1.20. The van der Waals surface area contributed by atoms with Crippen LogP contribution >= 0.6 is 11.6 Å². The van der Waals surface area contributed by atoms with E-state index in [2.05, 4.69) is 0 Å². The van der Waals surface area contributed by atoms with E-state index in [1.54, 1.807) is 30.3 Å². The molecule has 0 spiro atoms. The second kappa shape index (κ2) is 7.04. The van der Waals surface area contributed by atoms with Crippen LogP contribution in [0, 0.1) is 0 Å². The second-order valence-corrected chi connectivity index (χ2v) is 5.17. The van der Waals surface area contributed by atoms with Crippen molar-refractivity contribution in [2.24, 2.45) is 0 Å². The summed E-state index contributed by atoms with van der Waals surface area (Å²) >= 11 is 6.10. The Kier molecular flexibility index (Phi) is 5.12. The van der Waals surface area contributed by atoms with E-state index in [1.165, 1.54) is 4.90 Å². The molecule has 0 aliphatic carbocycles. The van der Waals surface area contributed by atoms with E-state index in [4.69, 9.17) is 11.6 Å². The van der Waals surface area contributed by atoms with Gasteiger partial charge in [0.2, 0.25) is 0 Å². The highest BCUT2D eigenvalue weighted by atomic mass is 35.5. The Labute approximate surface area is 132 Å². The van der Waals surface area contributed by atoms with Crippen LogP contribution < -0.4 is 0 Å². The molecule has 5 nitrogen and oxygen atoms in total. The highest BCUT2D eigenvalue weighted by Gasteiger charge is 2.26. The van der Waals surface area contributed by atoms with Crippen LogP contribution in [0.5, 0.6) is 0 Å². The van der Waals surface area contributed by atoms with Crippen molar-refractivity contribution in [2.75, 3.05) is 6.54 Å². The predicted octanol–water partition coefficient (Wildman–Crippen LogP) is 2.51. The van der Waals surface area contributed by atoms with E-state index in [0.717, 1.165) is 6.08 Å². The molecule has 1 heterocycles. The van der Waals surface area contributed by atoms with E-state index < -0.39 is 5.97 Å². The van der Waals surface area contributed by atoms with Gasteiger partial charge in [-0.15, -0.1) is 0 Å². The first-order valence-corrected chi connectivity index (χ1v) is 7.04. The number of carbonyl (C=O) groups excluding carboxylic acids is 2. The van der Waals surface area contributed by atoms with Crippen LogP contribution in [0.4, 0.5) is 0 Å². The molecule has 0 bridgehead atoms. The molecule has 1 aromatic carbocycles. The van der Waals surface area contributed by atoms with Gasteiger partial charge in [0.05, 0.1) is 0 Å². The molecule has 2 rings (SSSR count). The van der Waals surface area contributed by atoms with Crippen LogP contribution in [0.2, 0.25) is 5.02 Å². The smallest absolute Gasteiger partial charge is 0.352 e. The Hall–Kier alpha value is -2.40. The number of hydrogen-bond donors (Lipinski definition) is 1. The zero-order valence-corrected chi connectivity index (χ0v) is 12.4. The van der Waals surface area contributed by atoms with E-state index in [9.17, 15) is 19.5 Å². The Morgan fingerprint density at radius 3 is 2.68 bits per heavy atom. The fraction of sp³-hybridized carbons (Fsp3) is 0.188. The van der Waals surface area contributed by atoms with Crippen LogP contribution in [-0.2, 0) is 14.4 Å². The van der Waals surface area contributed by atoms with Gasteiger partial charge in [-0.1, -0.05) is 29.8 Å². The number of carboxylic acids is 1. The van der Waals surface area contributed by atoms with Crippen molar-refractivity contribution in [3.8, 4) is 0 Å². The summed E-state index contributed by atoms with van der Waals surface area (Å²) in [4.78, 5) is 35.2. The highest BCUT2D eigenvalue weighted by molar-refractivity contribution is 6.32. The number of benzene rings is 1. The summed E-state index contributed by atoms with van der Waals surface area (Å²) in [7, 11) is 0. The molecular formula is C16H14ClNO4. The first kappa shape index (κ1) is 16.0. The Morgan fingerprint density at radius 1 is 1.32 bits per heavy atom. The molecule has 6 heteroatoms. The van der Waals surface area contributed by atoms with Gasteiger partial charge in [0.25, 0.3) is 0 Å². The number of likely N-dealkylation sites (tertiary alicyclic amines) is 1. The number of carboxylic acid groups (broad SMARTS) is 1. The van der Waals surface area contributed by atoms with Gasteiger partial charge in [0.15, 0.2) is 0 Å². The molecule has 114 valence electrons. The van der Waals surface area contributed by atoms with Crippen molar-refractivity contribution in [3.05, 3.63) is 52.3 Å². The molecule has 0 aromatic heterocycles. The summed E-state index contributed by atoms with van der Waals surface area (Å²) in [6.45, 7) is 0.223. The van der Waals surface area contributed by atoms with Crippen LogP contribution in [0.25, 0.3) is 6.08 Å². The van der Waals surface area contributed by atoms with E-state index >= 15 is 0 Å². The molecule has 0 unspecified atom stereocenters. The standard InChI is InChI=1S/C16H14ClNO4/c17-14-4-2-1-3-11(14)9-12-10-13(20)5-7-18(12)15(6-8-19)16(21)22/h1-4,6,8-9H,5,7,10H2,(H,21,22). The molecule has 1 aliphatic heterocycles. The van der Waals surface area contributed by atoms with Crippen molar-refractivity contribution in [1.29, 1.82) is 0 Å². The summed E-state index contributed by atoms with van der Waals surface area (Å²) in [5.41, 5.74) is 1.05. The van der Waals surface area contributed by atoms with Gasteiger partial charge in [0, 0.05) is 36.2 Å². The van der Waals surface area contributed by atoms with Gasteiger partial charge in [0.1, 0.15) is 17.8 Å². The van der Waals surface area contributed by atoms with Crippen molar-refractivity contribution in [3.63, 3.8) is 0 Å². The van der Waals surface area contributed by atoms with Crippen molar-refractivity contribution in [2.45, 2.75) is 12.8 Å². The lowest BCUT2D eigenvalue weighted by Gasteiger charge is -2.31. The number of hydrogen-bond acceptors (Lipinski definition) is 4. The Bertz CT molecular complexity index is 678. The number of ketones is 1. The van der Waals surface area contributed by atoms with Crippen molar-refractivity contribution in [1.82, 2.24) is 4.90 Å². The molecule has 0 amide bonds. The Morgan fingerprint density at radius 2 is 2.05 bits per heavy atom. The fourth-order valence-electron chi connectivity index (χ4n) is 2.28. The number of piperidine rings is 1. The van der Waals surface area contributed by atoms with Crippen LogP contribution in [0.15, 0.2) is 41.7 Å². The van der Waals surface area contributed by atoms with Crippen molar-refractivity contribution >= 4 is 35.7 Å². The molecule has 1 aromatic rings. The zero-order chi connectivity index (χ0) is 16.1. The number of nitrogens with zero attached hydrogens (tertiary/aromatic N) is 1. The largest absolute Gasteiger partial charge is 0.477 e. The maximum Gasteiger partial charge on any atom is 0.352 e. The molecule has 1 N–H and O–H groups in total. The lowest BCUT2D eigenvalue weighted by Crippen LogP contribution is -2.34. The molecule has 1 saturated heterocycles. The van der Waals surface area contributed by atoms with Gasteiger partial charge in [-0.05, 0) is 17.7 Å². The van der Waals surface area contributed by atoms with Gasteiger partial charge in [-0.25, -0.2) is 4.79 Å². The third kappa shape index (κ3) is 3.62. The van der Waals surface area contributed by atoms with Gasteiger partial charge >= 0.3 is 5.97 Å². The third-order valence-corrected chi connectivity index (χ3v) is 3.65. The van der Waals surface area contributed by atoms with Crippen LogP contribution in [0.1, 0.15) is 18.4 Å². The third-order valence-electron chi connectivity index (χ3n) is 3.30. The van der Waals surface area contributed by atoms with Gasteiger partial charge in [-0.3, -0.25) is 9.59 Å². The quantitative estimate of drug-likeness (QED) is 0.682. The molecular weight excluding hydrogens is 306 g/mol. The number of aldehydes is 1. The summed E-state index contributed by atoms with van der Waals surface area (Å²) in [6, 6.07) is 7.06. The minimum Gasteiger partial charge on any atom is -0.477 e. The topological polar surface area (TPSA) is 74.7 Å². The molecule has 0 atom stereocenters. The van der Waals surface area contributed by atoms with E-state index in [0.29, 0.717) is 22.6 Å². The maximum atomic E-state index is 11.7. The number of carbonyl (C=O) groups is 3. The molecule has 1 aliphatic rings. The molecule has 22 heavy (non-hydrogen) atoms. The highest BCUT2D eigenvalue weighted by Crippen LogP contribution is 2.27. The van der Waals surface area contributed by atoms with Crippen LogP contribution in [-0.4, -0.2) is 34.6 Å². The second-order valence-electron chi connectivity index (χ2n) is 4.77. The summed E-state index contributed by atoms with van der Waals surface area (Å²) in [5, 5.41) is 9.76. The average Bonchev–Trinajstić information content (AvgIpc) is 2.48. The zero-order valence-electron chi connectivity index (χ0n) is 11.7. The van der Waals surface area contributed by atoms with Crippen molar-refractivity contribution < 1.29 is 19.5 Å². The fourth-order valence-corrected chi connectivity index (χ4v) is 2.47. The lowest BCUT2D eigenvalue weighted by atomic mass is 10.0. The minimum absolute atomic E-state index is 0.0189. The minimum atomic E-state index is -1.22. The number of Topliss-reactive ketones (excluding diaryl/α,β-unsaturated/α-hetero) is 1. The first-order chi connectivity index (χ1) is 10.5. The number of aliphatic carboxylic acids is 1. The Balaban J connectivity index is 2.45. The number of halogens is 1. The molecule has 1 fully saturated rings. The SMILES string of the molecule is O=CC=C(C(=O)O)N1CCC(=O)CC1=Cc1ccccc1Cl. The van der Waals surface area contributed by atoms with Gasteiger partial charge < -0.3 is 10.0 Å². The number of allylic oxidation sites excluding steroid dienone is 2. The predicted molar refractivity (Wildman–Crippen MR) is 82.2 cm³/mol. The average molecular weight is 320 g/mol.